The number of benzene rings is 1. The van der Waals surface area contributed by atoms with Gasteiger partial charge in [0.1, 0.15) is 6.10 Å². The van der Waals surface area contributed by atoms with Gasteiger partial charge in [-0.15, -0.1) is 11.3 Å². The van der Waals surface area contributed by atoms with E-state index >= 15 is 0 Å². The number of thiophene rings is 1. The fourth-order valence-corrected chi connectivity index (χ4v) is 4.69. The van der Waals surface area contributed by atoms with E-state index in [-0.39, 0.29) is 0 Å². The van der Waals surface area contributed by atoms with E-state index in [1.165, 1.54) is 4.88 Å². The van der Waals surface area contributed by atoms with Gasteiger partial charge in [0, 0.05) is 23.9 Å². The summed E-state index contributed by atoms with van der Waals surface area (Å²) in [5.41, 5.74) is 0.871. The second-order valence-electron chi connectivity index (χ2n) is 3.64. The molecule has 1 atom stereocenters. The summed E-state index contributed by atoms with van der Waals surface area (Å²) in [5.74, 6) is 0. The highest BCUT2D eigenvalue weighted by molar-refractivity contribution is 9.11. The zero-order valence-corrected chi connectivity index (χ0v) is 14.5. The van der Waals surface area contributed by atoms with Crippen molar-refractivity contribution in [2.75, 3.05) is 0 Å². The van der Waals surface area contributed by atoms with E-state index < -0.39 is 6.10 Å². The number of hydrogen-bond donors (Lipinski definition) is 1. The lowest BCUT2D eigenvalue weighted by molar-refractivity contribution is 0.222. The molecule has 0 aliphatic heterocycles. The van der Waals surface area contributed by atoms with Gasteiger partial charge in [0.15, 0.2) is 0 Å². The minimum Gasteiger partial charge on any atom is -0.383 e. The molecule has 1 N–H and O–H groups in total. The Labute approximate surface area is 129 Å². The maximum absolute atomic E-state index is 10.4. The number of rotatable bonds is 2. The van der Waals surface area contributed by atoms with Gasteiger partial charge >= 0.3 is 0 Å². The summed E-state index contributed by atoms with van der Waals surface area (Å²) >= 11 is 12.0. The number of aryl methyl sites for hydroxylation is 1. The van der Waals surface area contributed by atoms with Crippen LogP contribution in [0.15, 0.2) is 37.7 Å². The quantitative estimate of drug-likeness (QED) is 0.660. The van der Waals surface area contributed by atoms with Gasteiger partial charge in [-0.3, -0.25) is 0 Å². The second kappa shape index (κ2) is 5.53. The van der Waals surface area contributed by atoms with E-state index in [1.807, 2.05) is 31.2 Å². The lowest BCUT2D eigenvalue weighted by Crippen LogP contribution is -1.98. The molecular weight excluding hydrogens is 432 g/mol. The monoisotopic (exact) mass is 438 g/mol. The van der Waals surface area contributed by atoms with Crippen molar-refractivity contribution in [2.45, 2.75) is 13.0 Å². The smallest absolute Gasteiger partial charge is 0.115 e. The molecule has 0 saturated carbocycles. The Morgan fingerprint density at radius 1 is 1.12 bits per heavy atom. The first-order valence-electron chi connectivity index (χ1n) is 4.88. The molecule has 1 aromatic heterocycles. The van der Waals surface area contributed by atoms with E-state index in [9.17, 15) is 5.11 Å². The van der Waals surface area contributed by atoms with Crippen LogP contribution in [0, 0.1) is 6.92 Å². The molecule has 0 bridgehead atoms. The van der Waals surface area contributed by atoms with Crippen molar-refractivity contribution < 1.29 is 5.11 Å². The van der Waals surface area contributed by atoms with E-state index in [4.69, 9.17) is 0 Å². The molecule has 0 aliphatic carbocycles. The molecule has 0 saturated heterocycles. The third kappa shape index (κ3) is 3.01. The van der Waals surface area contributed by atoms with Crippen molar-refractivity contribution in [3.05, 3.63) is 53.0 Å². The largest absolute Gasteiger partial charge is 0.383 e. The minimum absolute atomic E-state index is 0.606. The normalized spacial score (nSPS) is 12.8. The van der Waals surface area contributed by atoms with Crippen LogP contribution in [0.5, 0.6) is 0 Å². The first-order chi connectivity index (χ1) is 7.99. The van der Waals surface area contributed by atoms with Crippen LogP contribution in [-0.2, 0) is 0 Å². The molecule has 0 aliphatic rings. The van der Waals surface area contributed by atoms with Gasteiger partial charge < -0.3 is 5.11 Å². The van der Waals surface area contributed by atoms with Gasteiger partial charge in [-0.05, 0) is 41.1 Å². The molecule has 1 aromatic carbocycles. The molecule has 0 amide bonds. The zero-order valence-electron chi connectivity index (χ0n) is 8.88. The Hall–Kier alpha value is 0.320. The molecular formula is C12H9Br3OS. The molecule has 0 spiro atoms. The molecule has 0 radical (unpaired) electrons. The van der Waals surface area contributed by atoms with Gasteiger partial charge in [-0.25, -0.2) is 0 Å². The molecule has 17 heavy (non-hydrogen) atoms. The average Bonchev–Trinajstić information content (AvgIpc) is 2.57. The topological polar surface area (TPSA) is 20.2 Å². The van der Waals surface area contributed by atoms with Gasteiger partial charge in [-0.2, -0.15) is 0 Å². The van der Waals surface area contributed by atoms with Crippen LogP contribution in [0.1, 0.15) is 21.4 Å². The summed E-state index contributed by atoms with van der Waals surface area (Å²) in [6, 6.07) is 7.81. The zero-order chi connectivity index (χ0) is 12.6. The maximum atomic E-state index is 10.4. The fraction of sp³-hybridized carbons (Fsp3) is 0.167. The molecule has 1 heterocycles. The lowest BCUT2D eigenvalue weighted by Gasteiger charge is -2.12. The van der Waals surface area contributed by atoms with Crippen LogP contribution in [0.3, 0.4) is 0 Å². The Morgan fingerprint density at radius 2 is 1.82 bits per heavy atom. The van der Waals surface area contributed by atoms with Crippen LogP contribution >= 0.6 is 59.1 Å². The first-order valence-corrected chi connectivity index (χ1v) is 8.07. The summed E-state index contributed by atoms with van der Waals surface area (Å²) in [7, 11) is 0. The Kier molecular flexibility index (Phi) is 4.47. The van der Waals surface area contributed by atoms with Crippen LogP contribution in [0.25, 0.3) is 0 Å². The van der Waals surface area contributed by atoms with Crippen molar-refractivity contribution in [3.63, 3.8) is 0 Å². The van der Waals surface area contributed by atoms with Crippen molar-refractivity contribution in [1.82, 2.24) is 0 Å². The highest BCUT2D eigenvalue weighted by Gasteiger charge is 2.18. The molecule has 1 nitrogen and oxygen atoms in total. The predicted molar refractivity (Wildman–Crippen MR) is 82.7 cm³/mol. The van der Waals surface area contributed by atoms with Crippen molar-refractivity contribution in [3.8, 4) is 0 Å². The van der Waals surface area contributed by atoms with Crippen molar-refractivity contribution in [1.29, 1.82) is 0 Å². The average molecular weight is 441 g/mol. The van der Waals surface area contributed by atoms with E-state index in [0.717, 1.165) is 23.9 Å². The Morgan fingerprint density at radius 3 is 2.35 bits per heavy atom. The SMILES string of the molecule is Cc1cc(Br)c(C(O)c2ccc(Br)cc2Br)s1. The number of hydrogen-bond acceptors (Lipinski definition) is 2. The number of halogens is 3. The van der Waals surface area contributed by atoms with Crippen LogP contribution in [0.4, 0.5) is 0 Å². The first kappa shape index (κ1) is 13.7. The summed E-state index contributed by atoms with van der Waals surface area (Å²) in [6.45, 7) is 2.03. The predicted octanol–water partition coefficient (Wildman–Crippen LogP) is 5.43. The highest BCUT2D eigenvalue weighted by Crippen LogP contribution is 2.38. The highest BCUT2D eigenvalue weighted by atomic mass is 79.9. The van der Waals surface area contributed by atoms with Crippen LogP contribution in [0.2, 0.25) is 0 Å². The third-order valence-electron chi connectivity index (χ3n) is 2.34. The van der Waals surface area contributed by atoms with Crippen LogP contribution in [-0.4, -0.2) is 5.11 Å². The molecule has 0 fully saturated rings. The summed E-state index contributed by atoms with van der Waals surface area (Å²) < 4.78 is 2.85. The summed E-state index contributed by atoms with van der Waals surface area (Å²) in [4.78, 5) is 2.12. The van der Waals surface area contributed by atoms with E-state index in [0.29, 0.717) is 0 Å². The van der Waals surface area contributed by atoms with E-state index in [1.54, 1.807) is 11.3 Å². The third-order valence-corrected chi connectivity index (χ3v) is 5.54. The van der Waals surface area contributed by atoms with Crippen molar-refractivity contribution >= 4 is 59.1 Å². The molecule has 90 valence electrons. The molecule has 5 heteroatoms. The lowest BCUT2D eigenvalue weighted by atomic mass is 10.1. The maximum Gasteiger partial charge on any atom is 0.115 e. The number of aliphatic hydroxyl groups excluding tert-OH is 1. The second-order valence-corrected chi connectivity index (χ2v) is 7.55. The number of aliphatic hydroxyl groups is 1. The summed E-state index contributed by atoms with van der Waals surface area (Å²) in [6.07, 6.45) is -0.606. The Bertz CT molecular complexity index is 551. The molecule has 2 aromatic rings. The van der Waals surface area contributed by atoms with Gasteiger partial charge in [0.25, 0.3) is 0 Å². The summed E-state index contributed by atoms with van der Waals surface area (Å²) in [5, 5.41) is 10.4. The van der Waals surface area contributed by atoms with Gasteiger partial charge in [0.05, 0.1) is 4.88 Å². The van der Waals surface area contributed by atoms with Crippen molar-refractivity contribution in [2.24, 2.45) is 0 Å². The molecule has 2 rings (SSSR count). The molecule has 1 unspecified atom stereocenters. The van der Waals surface area contributed by atoms with Gasteiger partial charge in [0.2, 0.25) is 0 Å². The minimum atomic E-state index is -0.606. The van der Waals surface area contributed by atoms with Crippen LogP contribution < -0.4 is 0 Å². The standard InChI is InChI=1S/C12H9Br3OS/c1-6-4-10(15)12(17-6)11(16)8-3-2-7(13)5-9(8)14/h2-5,11,16H,1H3. The van der Waals surface area contributed by atoms with Gasteiger partial charge in [-0.1, -0.05) is 37.9 Å². The van der Waals surface area contributed by atoms with E-state index in [2.05, 4.69) is 47.8 Å². The fourth-order valence-electron chi connectivity index (χ4n) is 1.55. The Balaban J connectivity index is 2.43.